The molecule has 0 bridgehead atoms. The molecule has 1 fully saturated rings. The Labute approximate surface area is 159 Å². The second kappa shape index (κ2) is 6.20. The lowest BCUT2D eigenvalue weighted by molar-refractivity contribution is 0.299. The number of nitriles is 1. The van der Waals surface area contributed by atoms with Gasteiger partial charge in [-0.25, -0.2) is 19.7 Å². The number of fused-ring (bicyclic) bond motifs is 3. The van der Waals surface area contributed by atoms with E-state index in [0.717, 1.165) is 29.8 Å². The van der Waals surface area contributed by atoms with Crippen molar-refractivity contribution in [3.63, 3.8) is 0 Å². The first-order valence-electron chi connectivity index (χ1n) is 9.19. The number of rotatable bonds is 2. The van der Waals surface area contributed by atoms with Crippen LogP contribution in [0.15, 0.2) is 35.6 Å². The Kier molecular flexibility index (Phi) is 3.65. The van der Waals surface area contributed by atoms with Crippen LogP contribution in [0.2, 0.25) is 0 Å². The number of imidazole rings is 2. The molecule has 4 aromatic heterocycles. The van der Waals surface area contributed by atoms with Crippen molar-refractivity contribution in [3.05, 3.63) is 46.9 Å². The molecule has 0 aliphatic carbocycles. The normalized spacial score (nSPS) is 19.9. The second-order valence-corrected chi connectivity index (χ2v) is 7.22. The highest BCUT2D eigenvalue weighted by molar-refractivity contribution is 5.98. The number of nitrogens with one attached hydrogen (secondary N) is 2. The number of pyridine rings is 2. The SMILES string of the molecule is C[C@@H]1CCN(c2ccc(C#N)cn2)C[C@@H]1n1c(=O)[nH]c2cnc3nc[nH]c3c21. The minimum Gasteiger partial charge on any atom is -0.355 e. The van der Waals surface area contributed by atoms with Gasteiger partial charge in [0.25, 0.3) is 0 Å². The molecule has 4 aromatic rings. The van der Waals surface area contributed by atoms with Crippen LogP contribution in [-0.4, -0.2) is 42.6 Å². The van der Waals surface area contributed by atoms with Crippen molar-refractivity contribution in [1.29, 1.82) is 5.26 Å². The van der Waals surface area contributed by atoms with Crippen molar-refractivity contribution < 1.29 is 0 Å². The number of hydrogen-bond donors (Lipinski definition) is 2. The zero-order valence-corrected chi connectivity index (χ0v) is 15.3. The van der Waals surface area contributed by atoms with Crippen molar-refractivity contribution >= 4 is 28.0 Å². The van der Waals surface area contributed by atoms with Crippen LogP contribution < -0.4 is 10.6 Å². The first-order chi connectivity index (χ1) is 13.7. The average Bonchev–Trinajstić information content (AvgIpc) is 3.32. The minimum atomic E-state index is -0.148. The molecule has 0 aromatic carbocycles. The summed E-state index contributed by atoms with van der Waals surface area (Å²) >= 11 is 0. The number of piperidine rings is 1. The van der Waals surface area contributed by atoms with E-state index in [0.29, 0.717) is 29.2 Å². The molecule has 1 saturated heterocycles. The summed E-state index contributed by atoms with van der Waals surface area (Å²) in [6.45, 7) is 3.68. The summed E-state index contributed by atoms with van der Waals surface area (Å²) in [7, 11) is 0. The Morgan fingerprint density at radius 3 is 2.93 bits per heavy atom. The Hall–Kier alpha value is -3.67. The van der Waals surface area contributed by atoms with Gasteiger partial charge >= 0.3 is 5.69 Å². The summed E-state index contributed by atoms with van der Waals surface area (Å²) < 4.78 is 1.83. The number of nitrogens with zero attached hydrogens (tertiary/aromatic N) is 6. The number of H-pyrrole nitrogens is 2. The van der Waals surface area contributed by atoms with E-state index in [1.54, 1.807) is 24.8 Å². The summed E-state index contributed by atoms with van der Waals surface area (Å²) in [5.41, 5.74) is 3.24. The van der Waals surface area contributed by atoms with Gasteiger partial charge in [0.05, 0.1) is 35.2 Å². The third kappa shape index (κ3) is 2.45. The van der Waals surface area contributed by atoms with Crippen molar-refractivity contribution in [1.82, 2.24) is 29.5 Å². The highest BCUT2D eigenvalue weighted by Crippen LogP contribution is 2.32. The van der Waals surface area contributed by atoms with Crippen LogP contribution >= 0.6 is 0 Å². The van der Waals surface area contributed by atoms with E-state index in [-0.39, 0.29) is 11.7 Å². The summed E-state index contributed by atoms with van der Waals surface area (Å²) in [6, 6.07) is 5.70. The average molecular weight is 374 g/mol. The highest BCUT2D eigenvalue weighted by atomic mass is 16.1. The zero-order valence-electron chi connectivity index (χ0n) is 15.3. The summed E-state index contributed by atoms with van der Waals surface area (Å²) in [5.74, 6) is 1.13. The molecule has 1 aliphatic rings. The van der Waals surface area contributed by atoms with Gasteiger partial charge in [-0.3, -0.25) is 4.57 Å². The van der Waals surface area contributed by atoms with Crippen LogP contribution in [0, 0.1) is 17.2 Å². The van der Waals surface area contributed by atoms with Crippen LogP contribution in [0.1, 0.15) is 24.9 Å². The highest BCUT2D eigenvalue weighted by Gasteiger charge is 2.31. The van der Waals surface area contributed by atoms with E-state index in [9.17, 15) is 4.79 Å². The van der Waals surface area contributed by atoms with E-state index in [1.807, 2.05) is 10.6 Å². The second-order valence-electron chi connectivity index (χ2n) is 7.22. The summed E-state index contributed by atoms with van der Waals surface area (Å²) in [5, 5.41) is 8.98. The molecule has 28 heavy (non-hydrogen) atoms. The molecule has 140 valence electrons. The van der Waals surface area contributed by atoms with Crippen molar-refractivity contribution in [2.75, 3.05) is 18.0 Å². The van der Waals surface area contributed by atoms with E-state index >= 15 is 0 Å². The Balaban J connectivity index is 1.59. The number of anilines is 1. The summed E-state index contributed by atoms with van der Waals surface area (Å²) in [4.78, 5) is 34.0. The topological polar surface area (TPSA) is 119 Å². The number of hydrogen-bond acceptors (Lipinski definition) is 6. The van der Waals surface area contributed by atoms with Crippen LogP contribution in [0.4, 0.5) is 5.82 Å². The fourth-order valence-corrected chi connectivity index (χ4v) is 4.05. The molecule has 2 atom stereocenters. The van der Waals surface area contributed by atoms with Gasteiger partial charge in [-0.2, -0.15) is 5.26 Å². The molecule has 0 amide bonds. The molecule has 9 nitrogen and oxygen atoms in total. The third-order valence-corrected chi connectivity index (χ3v) is 5.58. The fraction of sp³-hybridized carbons (Fsp3) is 0.316. The van der Waals surface area contributed by atoms with Crippen LogP contribution in [0.25, 0.3) is 22.2 Å². The van der Waals surface area contributed by atoms with Gasteiger partial charge < -0.3 is 14.9 Å². The molecule has 1 aliphatic heterocycles. The molecule has 5 rings (SSSR count). The predicted molar refractivity (Wildman–Crippen MR) is 104 cm³/mol. The van der Waals surface area contributed by atoms with Crippen molar-refractivity contribution in [3.8, 4) is 6.07 Å². The van der Waals surface area contributed by atoms with Crippen LogP contribution in [0.3, 0.4) is 0 Å². The monoisotopic (exact) mass is 374 g/mol. The van der Waals surface area contributed by atoms with Gasteiger partial charge in [0.2, 0.25) is 0 Å². The molecule has 2 N–H and O–H groups in total. The maximum Gasteiger partial charge on any atom is 0.326 e. The first kappa shape index (κ1) is 16.5. The van der Waals surface area contributed by atoms with E-state index in [4.69, 9.17) is 5.26 Å². The first-order valence-corrected chi connectivity index (χ1v) is 9.19. The van der Waals surface area contributed by atoms with E-state index in [1.165, 1.54) is 0 Å². The number of aromatic amines is 2. The maximum atomic E-state index is 12.9. The van der Waals surface area contributed by atoms with Gasteiger partial charge in [-0.15, -0.1) is 0 Å². The lowest BCUT2D eigenvalue weighted by atomic mass is 9.93. The van der Waals surface area contributed by atoms with Gasteiger partial charge in [-0.1, -0.05) is 6.92 Å². The van der Waals surface area contributed by atoms with Crippen LogP contribution in [-0.2, 0) is 0 Å². The Morgan fingerprint density at radius 2 is 2.14 bits per heavy atom. The third-order valence-electron chi connectivity index (χ3n) is 5.58. The van der Waals surface area contributed by atoms with E-state index < -0.39 is 0 Å². The molecular weight excluding hydrogens is 356 g/mol. The molecule has 9 heteroatoms. The minimum absolute atomic E-state index is 0.0265. The van der Waals surface area contributed by atoms with Gasteiger partial charge in [0, 0.05) is 19.3 Å². The molecule has 5 heterocycles. The Morgan fingerprint density at radius 1 is 1.25 bits per heavy atom. The summed E-state index contributed by atoms with van der Waals surface area (Å²) in [6.07, 6.45) is 5.77. The predicted octanol–water partition coefficient (Wildman–Crippen LogP) is 1.96. The number of aromatic nitrogens is 6. The largest absolute Gasteiger partial charge is 0.355 e. The maximum absolute atomic E-state index is 12.9. The molecule has 0 saturated carbocycles. The molecule has 0 spiro atoms. The zero-order chi connectivity index (χ0) is 19.3. The van der Waals surface area contributed by atoms with Gasteiger partial charge in [0.15, 0.2) is 5.65 Å². The van der Waals surface area contributed by atoms with Gasteiger partial charge in [0.1, 0.15) is 17.4 Å². The fourth-order valence-electron chi connectivity index (χ4n) is 4.05. The van der Waals surface area contributed by atoms with Crippen LogP contribution in [0.5, 0.6) is 0 Å². The molecule has 0 radical (unpaired) electrons. The van der Waals surface area contributed by atoms with Gasteiger partial charge in [-0.05, 0) is 24.5 Å². The standard InChI is InChI=1S/C19H18N8O/c1-11-4-5-26(15-3-2-12(6-20)7-21-15)9-14(11)27-17-13(25-19(27)28)8-22-18-16(17)23-10-24-18/h2-3,7-8,10-11,14H,4-5,9H2,1H3,(H,25,28)(H,22,23,24)/t11-,14+/m1/s1. The quantitative estimate of drug-likeness (QED) is 0.553. The van der Waals surface area contributed by atoms with E-state index in [2.05, 4.69) is 42.8 Å². The Bertz CT molecular complexity index is 1260. The molecule has 0 unspecified atom stereocenters. The smallest absolute Gasteiger partial charge is 0.326 e. The lowest BCUT2D eigenvalue weighted by Crippen LogP contribution is -2.43. The van der Waals surface area contributed by atoms with Crippen molar-refractivity contribution in [2.24, 2.45) is 5.92 Å². The molecular formula is C19H18N8O. The lowest BCUT2D eigenvalue weighted by Gasteiger charge is -2.38. The van der Waals surface area contributed by atoms with Crippen molar-refractivity contribution in [2.45, 2.75) is 19.4 Å².